The van der Waals surface area contributed by atoms with Gasteiger partial charge in [0.25, 0.3) is 0 Å². The van der Waals surface area contributed by atoms with Gasteiger partial charge in [0.05, 0.1) is 3.57 Å². The van der Waals surface area contributed by atoms with Gasteiger partial charge in [0.2, 0.25) is 0 Å². The third-order valence-electron chi connectivity index (χ3n) is 0.560. The zero-order chi connectivity index (χ0) is 6.15. The molecule has 0 aromatic carbocycles. The third kappa shape index (κ3) is 1.54. The van der Waals surface area contributed by atoms with Crippen LogP contribution in [0, 0.1) is 6.45 Å². The molecule has 8 heavy (non-hydrogen) atoms. The molecule has 0 amide bonds. The molecule has 1 heterocycles. The maximum absolute atomic E-state index is 4.06. The standard InChI is InChI=1S/C3BrI2NS/c4-2-1(5)3(6)8-7-2. The van der Waals surface area contributed by atoms with Crippen molar-refractivity contribution in [2.75, 3.05) is 0 Å². The Morgan fingerprint density at radius 3 is 2.25 bits per heavy atom. The fraction of sp³-hybridized carbons (Fsp3) is 0. The summed E-state index contributed by atoms with van der Waals surface area (Å²) < 4.78 is 7.49. The third-order valence-corrected chi connectivity index (χ3v) is 6.33. The minimum atomic E-state index is 0.965. The van der Waals surface area contributed by atoms with E-state index in [1.165, 1.54) is 18.0 Å². The van der Waals surface area contributed by atoms with Crippen LogP contribution < -0.4 is 0 Å². The zero-order valence-electron chi connectivity index (χ0n) is 3.49. The van der Waals surface area contributed by atoms with Gasteiger partial charge in [-0.1, -0.05) is 0 Å². The predicted octanol–water partition coefficient (Wildman–Crippen LogP) is 3.11. The van der Waals surface area contributed by atoms with Crippen LogP contribution in [0.5, 0.6) is 0 Å². The van der Waals surface area contributed by atoms with Gasteiger partial charge < -0.3 is 0 Å². The van der Waals surface area contributed by atoms with Gasteiger partial charge in [-0.25, -0.2) is 0 Å². The number of hydrogen-bond acceptors (Lipinski definition) is 2. The van der Waals surface area contributed by atoms with Crippen molar-refractivity contribution in [2.45, 2.75) is 0 Å². The van der Waals surface area contributed by atoms with Crippen LogP contribution in [-0.4, -0.2) is 4.37 Å². The average Bonchev–Trinajstić information content (AvgIpc) is 1.98. The highest BCUT2D eigenvalue weighted by Gasteiger charge is 2.03. The van der Waals surface area contributed by atoms with E-state index in [0.29, 0.717) is 0 Å². The van der Waals surface area contributed by atoms with E-state index in [1.54, 1.807) is 0 Å². The van der Waals surface area contributed by atoms with Crippen molar-refractivity contribution in [1.82, 2.24) is 4.37 Å². The molecule has 0 unspecified atom stereocenters. The van der Waals surface area contributed by atoms with Gasteiger partial charge >= 0.3 is 0 Å². The molecular weight excluding hydrogens is 416 g/mol. The van der Waals surface area contributed by atoms with Crippen molar-refractivity contribution in [3.05, 3.63) is 11.1 Å². The Kier molecular flexibility index (Phi) is 2.98. The summed E-state index contributed by atoms with van der Waals surface area (Å²) in [5.74, 6) is 0. The van der Waals surface area contributed by atoms with Crippen LogP contribution in [0.2, 0.25) is 0 Å². The Bertz CT molecular complexity index is 180. The number of nitrogens with zero attached hydrogens (tertiary/aromatic N) is 1. The van der Waals surface area contributed by atoms with Crippen molar-refractivity contribution in [3.63, 3.8) is 0 Å². The summed E-state index contributed by atoms with van der Waals surface area (Å²) in [7, 11) is 0. The quantitative estimate of drug-likeness (QED) is 0.593. The van der Waals surface area contributed by atoms with Crippen LogP contribution in [0.25, 0.3) is 0 Å². The molecule has 0 aliphatic carbocycles. The first-order valence-corrected chi connectivity index (χ1v) is 5.40. The molecule has 0 N–H and O–H groups in total. The molecular formula is C3BrI2NS. The number of rotatable bonds is 0. The Labute approximate surface area is 86.8 Å². The second-order valence-electron chi connectivity index (χ2n) is 1.06. The van der Waals surface area contributed by atoms with Crippen LogP contribution >= 0.6 is 72.6 Å². The number of aromatic nitrogens is 1. The first-order chi connectivity index (χ1) is 3.72. The first kappa shape index (κ1) is 7.67. The molecule has 0 bridgehead atoms. The Balaban J connectivity index is 3.19. The molecule has 0 fully saturated rings. The average molecular weight is 416 g/mol. The molecule has 0 saturated heterocycles. The molecule has 0 atom stereocenters. The normalized spacial score (nSPS) is 9.88. The summed E-state index contributed by atoms with van der Waals surface area (Å²) in [5, 5.41) is 0. The Morgan fingerprint density at radius 1 is 1.50 bits per heavy atom. The molecule has 5 heteroatoms. The smallest absolute Gasteiger partial charge is 0.134 e. The molecule has 1 aromatic rings. The molecule has 0 saturated carbocycles. The highest BCUT2D eigenvalue weighted by atomic mass is 127. The number of hydrogen-bond donors (Lipinski definition) is 0. The highest BCUT2D eigenvalue weighted by molar-refractivity contribution is 14.1. The van der Waals surface area contributed by atoms with Gasteiger partial charge in [-0.2, -0.15) is 4.37 Å². The van der Waals surface area contributed by atoms with E-state index >= 15 is 0 Å². The van der Waals surface area contributed by atoms with Crippen molar-refractivity contribution < 1.29 is 0 Å². The molecule has 44 valence electrons. The maximum atomic E-state index is 4.06. The van der Waals surface area contributed by atoms with Gasteiger partial charge in [0.1, 0.15) is 7.49 Å². The van der Waals surface area contributed by atoms with E-state index in [4.69, 9.17) is 0 Å². The predicted molar refractivity (Wildman–Crippen MR) is 55.2 cm³/mol. The van der Waals surface area contributed by atoms with Crippen LogP contribution in [-0.2, 0) is 0 Å². The van der Waals surface area contributed by atoms with Crippen molar-refractivity contribution in [2.24, 2.45) is 0 Å². The van der Waals surface area contributed by atoms with Crippen LogP contribution in [0.3, 0.4) is 0 Å². The topological polar surface area (TPSA) is 12.9 Å². The van der Waals surface area contributed by atoms with E-state index in [-0.39, 0.29) is 0 Å². The molecule has 1 nitrogen and oxygen atoms in total. The van der Waals surface area contributed by atoms with Gasteiger partial charge in [-0.15, -0.1) is 0 Å². The fourth-order valence-corrected chi connectivity index (χ4v) is 2.72. The van der Waals surface area contributed by atoms with Crippen molar-refractivity contribution in [3.8, 4) is 0 Å². The largest absolute Gasteiger partial charge is 0.183 e. The molecule has 0 aliphatic heterocycles. The minimum absolute atomic E-state index is 0.965. The first-order valence-electron chi connectivity index (χ1n) is 1.68. The molecule has 1 aromatic heterocycles. The van der Waals surface area contributed by atoms with Crippen LogP contribution in [0.4, 0.5) is 0 Å². The second kappa shape index (κ2) is 3.11. The molecule has 0 aliphatic rings. The van der Waals surface area contributed by atoms with Crippen molar-refractivity contribution >= 4 is 72.6 Å². The minimum Gasteiger partial charge on any atom is -0.183 e. The second-order valence-corrected chi connectivity index (χ2v) is 5.48. The fourth-order valence-electron chi connectivity index (χ4n) is 0.241. The Hall–Kier alpha value is 1.57. The van der Waals surface area contributed by atoms with Gasteiger partial charge in [-0.05, 0) is 72.6 Å². The summed E-state index contributed by atoms with van der Waals surface area (Å²) in [5.41, 5.74) is 0. The van der Waals surface area contributed by atoms with Gasteiger partial charge in [-0.3, -0.25) is 0 Å². The summed E-state index contributed by atoms with van der Waals surface area (Å²) in [4.78, 5) is 0. The summed E-state index contributed by atoms with van der Waals surface area (Å²) in [6.45, 7) is 0. The van der Waals surface area contributed by atoms with E-state index in [9.17, 15) is 0 Å². The van der Waals surface area contributed by atoms with Crippen molar-refractivity contribution in [1.29, 1.82) is 0 Å². The lowest BCUT2D eigenvalue weighted by Crippen LogP contribution is -1.65. The molecule has 0 spiro atoms. The summed E-state index contributed by atoms with van der Waals surface area (Å²) >= 11 is 9.34. The lowest BCUT2D eigenvalue weighted by molar-refractivity contribution is 1.46. The zero-order valence-corrected chi connectivity index (χ0v) is 10.2. The maximum Gasteiger partial charge on any atom is 0.134 e. The highest BCUT2D eigenvalue weighted by Crippen LogP contribution is 2.26. The Morgan fingerprint density at radius 2 is 2.12 bits per heavy atom. The monoisotopic (exact) mass is 415 g/mol. The van der Waals surface area contributed by atoms with E-state index in [0.717, 1.165) is 4.60 Å². The number of halogens is 3. The van der Waals surface area contributed by atoms with E-state index < -0.39 is 0 Å². The van der Waals surface area contributed by atoms with E-state index in [2.05, 4.69) is 65.5 Å². The lowest BCUT2D eigenvalue weighted by Gasteiger charge is -1.77. The van der Waals surface area contributed by atoms with Gasteiger partial charge in [0, 0.05) is 0 Å². The van der Waals surface area contributed by atoms with Crippen LogP contribution in [0.1, 0.15) is 0 Å². The van der Waals surface area contributed by atoms with Crippen LogP contribution in [0.15, 0.2) is 4.60 Å². The van der Waals surface area contributed by atoms with E-state index in [1.807, 2.05) is 0 Å². The molecule has 1 rings (SSSR count). The van der Waals surface area contributed by atoms with Gasteiger partial charge in [0.15, 0.2) is 0 Å². The summed E-state index contributed by atoms with van der Waals surface area (Å²) in [6, 6.07) is 0. The molecule has 0 radical (unpaired) electrons. The summed E-state index contributed by atoms with van der Waals surface area (Å²) in [6.07, 6.45) is 0. The lowest BCUT2D eigenvalue weighted by atomic mass is 10.8. The SMILES string of the molecule is Brc1nsc(I)c1I.